The molecule has 4 N–H and O–H groups in total. The van der Waals surface area contributed by atoms with Crippen LogP contribution in [0.3, 0.4) is 0 Å². The number of rotatable bonds is 5. The highest BCUT2D eigenvalue weighted by Crippen LogP contribution is 2.16. The fraction of sp³-hybridized carbons (Fsp3) is 0.250. The second-order valence-electron chi connectivity index (χ2n) is 4.84. The predicted octanol–water partition coefficient (Wildman–Crippen LogP) is 1.90. The Labute approximate surface area is 125 Å². The average Bonchev–Trinajstić information content (AvgIpc) is 2.40. The molecule has 4 heteroatoms. The first-order valence-corrected chi connectivity index (χ1v) is 6.36. The second-order valence-corrected chi connectivity index (χ2v) is 4.84. The van der Waals surface area contributed by atoms with Gasteiger partial charge in [0.05, 0.1) is 6.04 Å². The number of aliphatic hydroxyl groups is 2. The van der Waals surface area contributed by atoms with E-state index in [9.17, 15) is 10.2 Å². The Kier molecular flexibility index (Phi) is 6.17. The van der Waals surface area contributed by atoms with Crippen molar-refractivity contribution in [1.29, 1.82) is 0 Å². The lowest BCUT2D eigenvalue weighted by Gasteiger charge is -2.28. The monoisotopic (exact) mass is 293 g/mol. The van der Waals surface area contributed by atoms with Crippen molar-refractivity contribution >= 4 is 12.4 Å². The third kappa shape index (κ3) is 4.62. The molecule has 108 valence electrons. The lowest BCUT2D eigenvalue weighted by Crippen LogP contribution is -2.50. The molecule has 0 aliphatic carbocycles. The Bertz CT molecular complexity index is 502. The summed E-state index contributed by atoms with van der Waals surface area (Å²) in [4.78, 5) is 0. The smallest absolute Gasteiger partial charge is 0.182 e. The molecular weight excluding hydrogens is 274 g/mol. The highest BCUT2D eigenvalue weighted by Gasteiger charge is 2.31. The normalized spacial score (nSPS) is 12.6. The maximum atomic E-state index is 10.1. The minimum absolute atomic E-state index is 0. The van der Waals surface area contributed by atoms with Crippen molar-refractivity contribution in [2.75, 3.05) is 0 Å². The number of halogens is 1. The second kappa shape index (κ2) is 7.41. The van der Waals surface area contributed by atoms with Gasteiger partial charge in [0.1, 0.15) is 0 Å². The number of hydrogen-bond donors (Lipinski definition) is 3. The zero-order chi connectivity index (χ0) is 13.7. The summed E-state index contributed by atoms with van der Waals surface area (Å²) < 4.78 is 0. The molecule has 1 atom stereocenters. The Morgan fingerprint density at radius 2 is 1.30 bits per heavy atom. The van der Waals surface area contributed by atoms with Crippen molar-refractivity contribution in [2.24, 2.45) is 5.73 Å². The van der Waals surface area contributed by atoms with Crippen LogP contribution >= 0.6 is 12.4 Å². The van der Waals surface area contributed by atoms with Crippen molar-refractivity contribution in [3.63, 3.8) is 0 Å². The van der Waals surface area contributed by atoms with E-state index in [4.69, 9.17) is 5.73 Å². The van der Waals surface area contributed by atoms with E-state index in [1.807, 2.05) is 60.7 Å². The minimum Gasteiger partial charge on any atom is -0.364 e. The maximum Gasteiger partial charge on any atom is 0.182 e. The summed E-state index contributed by atoms with van der Waals surface area (Å²) in [5.41, 5.74) is 7.78. The standard InChI is InChI=1S/C16H19NO2.ClH/c17-15(11-13-7-3-1-4-8-13)16(18,19)12-14-9-5-2-6-10-14;/h1-10,15,18-19H,11-12,17H2;1H. The molecule has 1 unspecified atom stereocenters. The molecule has 0 bridgehead atoms. The van der Waals surface area contributed by atoms with Gasteiger partial charge >= 0.3 is 0 Å². The van der Waals surface area contributed by atoms with Crippen LogP contribution in [0.2, 0.25) is 0 Å². The zero-order valence-corrected chi connectivity index (χ0v) is 12.0. The van der Waals surface area contributed by atoms with E-state index in [1.54, 1.807) is 0 Å². The van der Waals surface area contributed by atoms with Crippen LogP contribution in [0.1, 0.15) is 11.1 Å². The molecule has 2 aromatic rings. The van der Waals surface area contributed by atoms with Crippen LogP contribution in [0.25, 0.3) is 0 Å². The number of benzene rings is 2. The molecule has 0 aromatic heterocycles. The Hall–Kier alpha value is -1.39. The first kappa shape index (κ1) is 16.7. The fourth-order valence-corrected chi connectivity index (χ4v) is 2.06. The topological polar surface area (TPSA) is 66.5 Å². The first-order valence-electron chi connectivity index (χ1n) is 6.36. The zero-order valence-electron chi connectivity index (χ0n) is 11.1. The summed E-state index contributed by atoms with van der Waals surface area (Å²) >= 11 is 0. The number of hydrogen-bond acceptors (Lipinski definition) is 3. The third-order valence-electron chi connectivity index (χ3n) is 3.20. The van der Waals surface area contributed by atoms with Gasteiger partial charge in [0, 0.05) is 6.42 Å². The van der Waals surface area contributed by atoms with E-state index in [0.29, 0.717) is 6.42 Å². The first-order chi connectivity index (χ1) is 9.08. The molecule has 0 fully saturated rings. The Morgan fingerprint density at radius 3 is 1.80 bits per heavy atom. The summed E-state index contributed by atoms with van der Waals surface area (Å²) in [5, 5.41) is 20.3. The van der Waals surface area contributed by atoms with Gasteiger partial charge in [0.25, 0.3) is 0 Å². The predicted molar refractivity (Wildman–Crippen MR) is 82.7 cm³/mol. The molecule has 0 amide bonds. The van der Waals surface area contributed by atoms with Gasteiger partial charge in [-0.15, -0.1) is 12.4 Å². The lowest BCUT2D eigenvalue weighted by molar-refractivity contribution is -0.174. The van der Waals surface area contributed by atoms with Gasteiger partial charge in [-0.3, -0.25) is 0 Å². The largest absolute Gasteiger partial charge is 0.364 e. The van der Waals surface area contributed by atoms with Crippen LogP contribution in [0.4, 0.5) is 0 Å². The van der Waals surface area contributed by atoms with E-state index in [2.05, 4.69) is 0 Å². The van der Waals surface area contributed by atoms with Crippen LogP contribution < -0.4 is 5.73 Å². The molecule has 0 heterocycles. The van der Waals surface area contributed by atoms with Crippen LogP contribution in [-0.2, 0) is 12.8 Å². The van der Waals surface area contributed by atoms with Gasteiger partial charge in [0.15, 0.2) is 5.79 Å². The average molecular weight is 294 g/mol. The molecule has 0 saturated carbocycles. The highest BCUT2D eigenvalue weighted by atomic mass is 35.5. The summed E-state index contributed by atoms with van der Waals surface area (Å²) in [5.74, 6) is -1.91. The fourth-order valence-electron chi connectivity index (χ4n) is 2.06. The van der Waals surface area contributed by atoms with Crippen LogP contribution in [0, 0.1) is 0 Å². The van der Waals surface area contributed by atoms with Crippen molar-refractivity contribution in [3.05, 3.63) is 71.8 Å². The van der Waals surface area contributed by atoms with Crippen LogP contribution in [0.15, 0.2) is 60.7 Å². The third-order valence-corrected chi connectivity index (χ3v) is 3.20. The van der Waals surface area contributed by atoms with E-state index in [1.165, 1.54) is 0 Å². The number of nitrogens with two attached hydrogens (primary N) is 1. The molecule has 3 nitrogen and oxygen atoms in total. The molecule has 20 heavy (non-hydrogen) atoms. The Balaban J connectivity index is 0.00000200. The van der Waals surface area contributed by atoms with Crippen molar-refractivity contribution in [3.8, 4) is 0 Å². The minimum atomic E-state index is -1.91. The molecular formula is C16H20ClNO2. The van der Waals surface area contributed by atoms with Gasteiger partial charge in [-0.2, -0.15) is 0 Å². The van der Waals surface area contributed by atoms with E-state index >= 15 is 0 Å². The summed E-state index contributed by atoms with van der Waals surface area (Å²) in [7, 11) is 0. The van der Waals surface area contributed by atoms with Gasteiger partial charge in [0.2, 0.25) is 0 Å². The Morgan fingerprint density at radius 1 is 0.850 bits per heavy atom. The van der Waals surface area contributed by atoms with E-state index in [0.717, 1.165) is 11.1 Å². The lowest BCUT2D eigenvalue weighted by atomic mass is 9.94. The van der Waals surface area contributed by atoms with Crippen molar-refractivity contribution in [2.45, 2.75) is 24.7 Å². The summed E-state index contributed by atoms with van der Waals surface area (Å²) in [6.07, 6.45) is 0.558. The van der Waals surface area contributed by atoms with Crippen molar-refractivity contribution in [1.82, 2.24) is 0 Å². The molecule has 0 spiro atoms. The van der Waals surface area contributed by atoms with Gasteiger partial charge in [-0.1, -0.05) is 60.7 Å². The van der Waals surface area contributed by atoms with Crippen LogP contribution in [-0.4, -0.2) is 22.0 Å². The van der Waals surface area contributed by atoms with E-state index in [-0.39, 0.29) is 18.8 Å². The van der Waals surface area contributed by atoms with Crippen molar-refractivity contribution < 1.29 is 10.2 Å². The van der Waals surface area contributed by atoms with Gasteiger partial charge in [-0.25, -0.2) is 0 Å². The van der Waals surface area contributed by atoms with Gasteiger partial charge < -0.3 is 15.9 Å². The molecule has 0 aliphatic heterocycles. The maximum absolute atomic E-state index is 10.1. The van der Waals surface area contributed by atoms with Gasteiger partial charge in [-0.05, 0) is 17.5 Å². The molecule has 0 radical (unpaired) electrons. The van der Waals surface area contributed by atoms with E-state index < -0.39 is 11.8 Å². The molecule has 2 aromatic carbocycles. The quantitative estimate of drug-likeness (QED) is 0.738. The summed E-state index contributed by atoms with van der Waals surface area (Å²) in [6.45, 7) is 0. The summed E-state index contributed by atoms with van der Waals surface area (Å²) in [6, 6.07) is 18.2. The SMILES string of the molecule is Cl.NC(Cc1ccccc1)C(O)(O)Cc1ccccc1. The molecule has 0 aliphatic rings. The van der Waals surface area contributed by atoms with Crippen LogP contribution in [0.5, 0.6) is 0 Å². The molecule has 0 saturated heterocycles. The highest BCUT2D eigenvalue weighted by molar-refractivity contribution is 5.85. The molecule has 2 rings (SSSR count).